The van der Waals surface area contributed by atoms with E-state index in [1.54, 1.807) is 36.4 Å². The second-order valence-corrected chi connectivity index (χ2v) is 6.20. The van der Waals surface area contributed by atoms with Crippen molar-refractivity contribution in [2.75, 3.05) is 0 Å². The van der Waals surface area contributed by atoms with Crippen LogP contribution >= 0.6 is 11.3 Å². The van der Waals surface area contributed by atoms with Crippen LogP contribution in [0.1, 0.15) is 5.56 Å². The number of benzene rings is 2. The van der Waals surface area contributed by atoms with Crippen LogP contribution in [0.15, 0.2) is 52.6 Å². The van der Waals surface area contributed by atoms with Crippen LogP contribution in [0.25, 0.3) is 32.4 Å². The van der Waals surface area contributed by atoms with Crippen molar-refractivity contribution in [2.45, 2.75) is 6.18 Å². The number of halogens is 3. The number of aromatic amines is 1. The molecule has 2 aromatic carbocycles. The molecular formula is C17H9F3N2OS. The molecule has 3 nitrogen and oxygen atoms in total. The van der Waals surface area contributed by atoms with Crippen LogP contribution in [0.3, 0.4) is 0 Å². The van der Waals surface area contributed by atoms with E-state index in [1.165, 1.54) is 6.07 Å². The van der Waals surface area contributed by atoms with Crippen molar-refractivity contribution >= 4 is 32.3 Å². The van der Waals surface area contributed by atoms with Crippen molar-refractivity contribution in [1.82, 2.24) is 9.97 Å². The molecule has 1 N–H and O–H groups in total. The fraction of sp³-hybridized carbons (Fsp3) is 0.0588. The molecule has 24 heavy (non-hydrogen) atoms. The Labute approximate surface area is 137 Å². The Hall–Kier alpha value is -2.67. The van der Waals surface area contributed by atoms with E-state index in [-0.39, 0.29) is 16.8 Å². The lowest BCUT2D eigenvalue weighted by Gasteiger charge is -2.06. The Morgan fingerprint density at radius 1 is 1.04 bits per heavy atom. The summed E-state index contributed by atoms with van der Waals surface area (Å²) in [6.07, 6.45) is -4.42. The first-order valence-corrected chi connectivity index (χ1v) is 7.89. The van der Waals surface area contributed by atoms with Gasteiger partial charge in [0.2, 0.25) is 0 Å². The third-order valence-electron chi connectivity index (χ3n) is 3.77. The van der Waals surface area contributed by atoms with E-state index in [4.69, 9.17) is 0 Å². The molecular weight excluding hydrogens is 337 g/mol. The van der Waals surface area contributed by atoms with Crippen LogP contribution < -0.4 is 5.56 Å². The topological polar surface area (TPSA) is 45.8 Å². The lowest BCUT2D eigenvalue weighted by Crippen LogP contribution is -2.09. The molecule has 120 valence electrons. The Kier molecular flexibility index (Phi) is 3.21. The lowest BCUT2D eigenvalue weighted by atomic mass is 10.1. The van der Waals surface area contributed by atoms with E-state index < -0.39 is 11.7 Å². The molecule has 0 aliphatic heterocycles. The van der Waals surface area contributed by atoms with Gasteiger partial charge < -0.3 is 4.98 Å². The Bertz CT molecular complexity index is 1130. The van der Waals surface area contributed by atoms with Crippen LogP contribution in [0.4, 0.5) is 13.2 Å². The first-order chi connectivity index (χ1) is 11.4. The molecule has 0 aliphatic rings. The van der Waals surface area contributed by atoms with E-state index in [0.29, 0.717) is 21.2 Å². The van der Waals surface area contributed by atoms with Crippen LogP contribution in [-0.4, -0.2) is 9.97 Å². The predicted molar refractivity (Wildman–Crippen MR) is 88.2 cm³/mol. The molecule has 0 spiro atoms. The van der Waals surface area contributed by atoms with Gasteiger partial charge >= 0.3 is 6.18 Å². The Balaban J connectivity index is 1.95. The number of aromatic nitrogens is 2. The summed E-state index contributed by atoms with van der Waals surface area (Å²) >= 11 is 1.04. The fourth-order valence-corrected chi connectivity index (χ4v) is 3.57. The molecule has 4 aromatic rings. The third-order valence-corrected chi connectivity index (χ3v) is 4.73. The average Bonchev–Trinajstić information content (AvgIpc) is 2.98. The largest absolute Gasteiger partial charge is 0.417 e. The molecule has 0 fully saturated rings. The summed E-state index contributed by atoms with van der Waals surface area (Å²) in [4.78, 5) is 19.1. The molecule has 4 rings (SSSR count). The molecule has 7 heteroatoms. The SMILES string of the molecule is O=c1[nH]c(-c2ccc3scc(C(F)(F)F)c3c2)nc2ccccc12. The van der Waals surface area contributed by atoms with Gasteiger partial charge in [0.25, 0.3) is 5.56 Å². The zero-order valence-electron chi connectivity index (χ0n) is 12.0. The highest BCUT2D eigenvalue weighted by atomic mass is 32.1. The lowest BCUT2D eigenvalue weighted by molar-refractivity contribution is -0.136. The van der Waals surface area contributed by atoms with E-state index in [0.717, 1.165) is 16.7 Å². The number of nitrogens with zero attached hydrogens (tertiary/aromatic N) is 1. The molecule has 0 saturated heterocycles. The number of para-hydroxylation sites is 1. The van der Waals surface area contributed by atoms with Gasteiger partial charge in [-0.25, -0.2) is 4.98 Å². The van der Waals surface area contributed by atoms with Crippen molar-refractivity contribution in [3.05, 3.63) is 63.8 Å². The summed E-state index contributed by atoms with van der Waals surface area (Å²) in [7, 11) is 0. The molecule has 0 unspecified atom stereocenters. The summed E-state index contributed by atoms with van der Waals surface area (Å²) in [5, 5.41) is 1.65. The van der Waals surface area contributed by atoms with Crippen molar-refractivity contribution in [2.24, 2.45) is 0 Å². The fourth-order valence-electron chi connectivity index (χ4n) is 2.62. The second kappa shape index (κ2) is 5.17. The smallest absolute Gasteiger partial charge is 0.306 e. The van der Waals surface area contributed by atoms with Gasteiger partial charge in [-0.1, -0.05) is 12.1 Å². The van der Waals surface area contributed by atoms with E-state index in [2.05, 4.69) is 9.97 Å². The number of hydrogen-bond donors (Lipinski definition) is 1. The predicted octanol–water partition coefficient (Wildman–Crippen LogP) is 4.82. The summed E-state index contributed by atoms with van der Waals surface area (Å²) in [5.41, 5.74) is -0.0588. The maximum absolute atomic E-state index is 13.1. The van der Waals surface area contributed by atoms with Crippen LogP contribution in [-0.2, 0) is 6.18 Å². The highest BCUT2D eigenvalue weighted by Crippen LogP contribution is 2.39. The van der Waals surface area contributed by atoms with E-state index in [9.17, 15) is 18.0 Å². The number of H-pyrrole nitrogens is 1. The summed E-state index contributed by atoms with van der Waals surface area (Å²) in [6, 6.07) is 11.5. The minimum Gasteiger partial charge on any atom is -0.306 e. The quantitative estimate of drug-likeness (QED) is 0.537. The van der Waals surface area contributed by atoms with Crippen LogP contribution in [0.5, 0.6) is 0 Å². The zero-order chi connectivity index (χ0) is 16.9. The average molecular weight is 346 g/mol. The molecule has 0 radical (unpaired) electrons. The molecule has 0 bridgehead atoms. The van der Waals surface area contributed by atoms with Crippen molar-refractivity contribution in [3.8, 4) is 11.4 Å². The van der Waals surface area contributed by atoms with Crippen molar-refractivity contribution in [3.63, 3.8) is 0 Å². The number of thiophene rings is 1. The van der Waals surface area contributed by atoms with E-state index in [1.807, 2.05) is 0 Å². The summed E-state index contributed by atoms with van der Waals surface area (Å²) < 4.78 is 39.8. The molecule has 2 heterocycles. The first-order valence-electron chi connectivity index (χ1n) is 7.01. The van der Waals surface area contributed by atoms with Crippen molar-refractivity contribution in [1.29, 1.82) is 0 Å². The highest BCUT2D eigenvalue weighted by molar-refractivity contribution is 7.17. The van der Waals surface area contributed by atoms with Gasteiger partial charge in [-0.2, -0.15) is 13.2 Å². The normalized spacial score (nSPS) is 12.1. The van der Waals surface area contributed by atoms with Crippen molar-refractivity contribution < 1.29 is 13.2 Å². The monoisotopic (exact) mass is 346 g/mol. The second-order valence-electron chi connectivity index (χ2n) is 5.29. The van der Waals surface area contributed by atoms with Gasteiger partial charge in [-0.3, -0.25) is 4.79 Å². The minimum atomic E-state index is -4.42. The number of nitrogens with one attached hydrogen (secondary N) is 1. The Morgan fingerprint density at radius 3 is 2.62 bits per heavy atom. The molecule has 0 saturated carbocycles. The standard InChI is InChI=1S/C17H9F3N2OS/c18-17(19,20)12-8-24-14-6-5-9(7-11(12)14)15-21-13-4-2-1-3-10(13)16(23)22-15/h1-8H,(H,21,22,23). The van der Waals surface area contributed by atoms with Gasteiger partial charge in [0.1, 0.15) is 5.82 Å². The molecule has 0 aliphatic carbocycles. The van der Waals surface area contributed by atoms with Gasteiger partial charge in [0, 0.05) is 21.0 Å². The zero-order valence-corrected chi connectivity index (χ0v) is 12.8. The van der Waals surface area contributed by atoms with Gasteiger partial charge in [0.15, 0.2) is 0 Å². The number of hydrogen-bond acceptors (Lipinski definition) is 3. The number of fused-ring (bicyclic) bond motifs is 2. The van der Waals surface area contributed by atoms with Crippen LogP contribution in [0, 0.1) is 0 Å². The van der Waals surface area contributed by atoms with Crippen LogP contribution in [0.2, 0.25) is 0 Å². The van der Waals surface area contributed by atoms with Gasteiger partial charge in [0.05, 0.1) is 16.5 Å². The first kappa shape index (κ1) is 14.9. The number of alkyl halides is 3. The summed E-state index contributed by atoms with van der Waals surface area (Å²) in [5.74, 6) is 0.250. The Morgan fingerprint density at radius 2 is 1.83 bits per heavy atom. The highest BCUT2D eigenvalue weighted by Gasteiger charge is 2.33. The van der Waals surface area contributed by atoms with Gasteiger partial charge in [-0.15, -0.1) is 11.3 Å². The molecule has 0 amide bonds. The molecule has 0 atom stereocenters. The number of rotatable bonds is 1. The minimum absolute atomic E-state index is 0.112. The summed E-state index contributed by atoms with van der Waals surface area (Å²) in [6.45, 7) is 0. The van der Waals surface area contributed by atoms with Gasteiger partial charge in [-0.05, 0) is 30.3 Å². The maximum atomic E-state index is 13.1. The molecule has 2 aromatic heterocycles. The van der Waals surface area contributed by atoms with E-state index >= 15 is 0 Å². The maximum Gasteiger partial charge on any atom is 0.417 e. The third kappa shape index (κ3) is 2.37.